The lowest BCUT2D eigenvalue weighted by molar-refractivity contribution is 0.290. The molecule has 4 heteroatoms. The van der Waals surface area contributed by atoms with Gasteiger partial charge in [-0.1, -0.05) is 13.0 Å². The standard InChI is InChI=1S/C13H21FN2O/c1-3-15-10-11-12(14)6-4-7-13(11)16(2)8-5-9-17/h4,6-7,15,17H,3,5,8-10H2,1-2H3. The summed E-state index contributed by atoms with van der Waals surface area (Å²) in [5, 5.41) is 12.0. The third kappa shape index (κ3) is 3.98. The lowest BCUT2D eigenvalue weighted by Gasteiger charge is -2.22. The molecule has 2 N–H and O–H groups in total. The van der Waals surface area contributed by atoms with E-state index in [1.807, 2.05) is 24.9 Å². The van der Waals surface area contributed by atoms with Crippen LogP contribution in [0.3, 0.4) is 0 Å². The van der Waals surface area contributed by atoms with E-state index in [9.17, 15) is 4.39 Å². The zero-order valence-electron chi connectivity index (χ0n) is 10.5. The fraction of sp³-hybridized carbons (Fsp3) is 0.538. The van der Waals surface area contributed by atoms with Gasteiger partial charge in [0.15, 0.2) is 0 Å². The molecule has 0 aliphatic rings. The number of hydrogen-bond donors (Lipinski definition) is 2. The Morgan fingerprint density at radius 3 is 2.82 bits per heavy atom. The third-order valence-electron chi connectivity index (χ3n) is 2.71. The van der Waals surface area contributed by atoms with Gasteiger partial charge in [0.1, 0.15) is 5.82 Å². The lowest BCUT2D eigenvalue weighted by atomic mass is 10.1. The number of rotatable bonds is 7. The zero-order valence-corrected chi connectivity index (χ0v) is 10.5. The number of aliphatic hydroxyl groups excluding tert-OH is 1. The Kier molecular flexibility index (Phi) is 5.94. The topological polar surface area (TPSA) is 35.5 Å². The Balaban J connectivity index is 2.84. The highest BCUT2D eigenvalue weighted by Crippen LogP contribution is 2.22. The zero-order chi connectivity index (χ0) is 12.7. The molecule has 96 valence electrons. The van der Waals surface area contributed by atoms with Crippen molar-refractivity contribution < 1.29 is 9.50 Å². The summed E-state index contributed by atoms with van der Waals surface area (Å²) >= 11 is 0. The summed E-state index contributed by atoms with van der Waals surface area (Å²) in [5.74, 6) is -0.181. The highest BCUT2D eigenvalue weighted by molar-refractivity contribution is 5.53. The first-order valence-electron chi connectivity index (χ1n) is 6.00. The minimum atomic E-state index is -0.181. The largest absolute Gasteiger partial charge is 0.396 e. The minimum absolute atomic E-state index is 0.155. The van der Waals surface area contributed by atoms with E-state index in [4.69, 9.17) is 5.11 Å². The van der Waals surface area contributed by atoms with Crippen molar-refractivity contribution in [3.8, 4) is 0 Å². The van der Waals surface area contributed by atoms with E-state index in [0.29, 0.717) is 18.5 Å². The predicted octanol–water partition coefficient (Wildman–Crippen LogP) is 1.75. The maximum atomic E-state index is 13.7. The first-order chi connectivity index (χ1) is 8.20. The van der Waals surface area contributed by atoms with Gasteiger partial charge in [0, 0.05) is 38.0 Å². The van der Waals surface area contributed by atoms with Crippen LogP contribution in [0.1, 0.15) is 18.9 Å². The Morgan fingerprint density at radius 1 is 1.41 bits per heavy atom. The third-order valence-corrected chi connectivity index (χ3v) is 2.71. The molecule has 0 saturated heterocycles. The molecule has 0 aromatic heterocycles. The number of hydrogen-bond acceptors (Lipinski definition) is 3. The van der Waals surface area contributed by atoms with Crippen LogP contribution in [0.2, 0.25) is 0 Å². The van der Waals surface area contributed by atoms with Crippen LogP contribution in [0.4, 0.5) is 10.1 Å². The molecule has 0 atom stereocenters. The maximum Gasteiger partial charge on any atom is 0.129 e. The lowest BCUT2D eigenvalue weighted by Crippen LogP contribution is -2.23. The van der Waals surface area contributed by atoms with E-state index in [1.54, 1.807) is 6.07 Å². The van der Waals surface area contributed by atoms with Crippen molar-refractivity contribution >= 4 is 5.69 Å². The van der Waals surface area contributed by atoms with Gasteiger partial charge in [-0.3, -0.25) is 0 Å². The second kappa shape index (κ2) is 7.25. The van der Waals surface area contributed by atoms with Crippen molar-refractivity contribution in [2.45, 2.75) is 19.9 Å². The van der Waals surface area contributed by atoms with Crippen LogP contribution >= 0.6 is 0 Å². The van der Waals surface area contributed by atoms with E-state index in [-0.39, 0.29) is 12.4 Å². The van der Waals surface area contributed by atoms with Gasteiger partial charge in [-0.15, -0.1) is 0 Å². The van der Waals surface area contributed by atoms with E-state index in [1.165, 1.54) is 6.07 Å². The summed E-state index contributed by atoms with van der Waals surface area (Å²) in [6.07, 6.45) is 0.688. The van der Waals surface area contributed by atoms with E-state index in [2.05, 4.69) is 5.32 Å². The Labute approximate surface area is 102 Å². The smallest absolute Gasteiger partial charge is 0.129 e. The summed E-state index contributed by atoms with van der Waals surface area (Å²) in [4.78, 5) is 1.98. The van der Waals surface area contributed by atoms with Crippen LogP contribution in [0.15, 0.2) is 18.2 Å². The van der Waals surface area contributed by atoms with Gasteiger partial charge in [0.25, 0.3) is 0 Å². The molecule has 0 spiro atoms. The molecule has 0 bridgehead atoms. The molecule has 0 aliphatic carbocycles. The summed E-state index contributed by atoms with van der Waals surface area (Å²) in [5.41, 5.74) is 1.58. The van der Waals surface area contributed by atoms with Gasteiger partial charge in [-0.25, -0.2) is 4.39 Å². The molecule has 3 nitrogen and oxygen atoms in total. The average Bonchev–Trinajstić information content (AvgIpc) is 2.34. The first-order valence-corrected chi connectivity index (χ1v) is 6.00. The van der Waals surface area contributed by atoms with Crippen molar-refractivity contribution in [2.24, 2.45) is 0 Å². The van der Waals surface area contributed by atoms with Gasteiger partial charge in [-0.05, 0) is 25.1 Å². The van der Waals surface area contributed by atoms with Crippen LogP contribution in [0.25, 0.3) is 0 Å². The highest BCUT2D eigenvalue weighted by Gasteiger charge is 2.11. The molecule has 0 unspecified atom stereocenters. The van der Waals surface area contributed by atoms with E-state index in [0.717, 1.165) is 18.8 Å². The quantitative estimate of drug-likeness (QED) is 0.762. The number of nitrogens with zero attached hydrogens (tertiary/aromatic N) is 1. The van der Waals surface area contributed by atoms with Crippen molar-refractivity contribution in [1.29, 1.82) is 0 Å². The highest BCUT2D eigenvalue weighted by atomic mass is 19.1. The van der Waals surface area contributed by atoms with Crippen LogP contribution in [-0.4, -0.2) is 31.9 Å². The number of aliphatic hydroxyl groups is 1. The van der Waals surface area contributed by atoms with Crippen molar-refractivity contribution in [2.75, 3.05) is 31.6 Å². The maximum absolute atomic E-state index is 13.7. The number of anilines is 1. The summed E-state index contributed by atoms with van der Waals surface area (Å²) < 4.78 is 13.7. The number of nitrogens with one attached hydrogen (secondary N) is 1. The Bertz CT molecular complexity index is 344. The molecule has 0 fully saturated rings. The van der Waals surface area contributed by atoms with Crippen molar-refractivity contribution in [3.63, 3.8) is 0 Å². The van der Waals surface area contributed by atoms with Gasteiger partial charge < -0.3 is 15.3 Å². The van der Waals surface area contributed by atoms with Gasteiger partial charge in [0.2, 0.25) is 0 Å². The average molecular weight is 240 g/mol. The SMILES string of the molecule is CCNCc1c(F)cccc1N(C)CCCO. The van der Waals surface area contributed by atoms with Gasteiger partial charge in [0.05, 0.1) is 0 Å². The monoisotopic (exact) mass is 240 g/mol. The molecule has 0 aliphatic heterocycles. The fourth-order valence-corrected chi connectivity index (χ4v) is 1.76. The Hall–Kier alpha value is -1.13. The molecule has 1 rings (SSSR count). The Morgan fingerprint density at radius 2 is 2.18 bits per heavy atom. The van der Waals surface area contributed by atoms with Crippen molar-refractivity contribution in [3.05, 3.63) is 29.6 Å². The normalized spacial score (nSPS) is 10.6. The second-order valence-corrected chi connectivity index (χ2v) is 4.02. The van der Waals surface area contributed by atoms with Crippen LogP contribution in [-0.2, 0) is 6.54 Å². The molecular weight excluding hydrogens is 219 g/mol. The fourth-order valence-electron chi connectivity index (χ4n) is 1.76. The van der Waals surface area contributed by atoms with E-state index >= 15 is 0 Å². The predicted molar refractivity (Wildman–Crippen MR) is 68.8 cm³/mol. The second-order valence-electron chi connectivity index (χ2n) is 4.02. The molecule has 0 heterocycles. The molecule has 0 saturated carbocycles. The van der Waals surface area contributed by atoms with Gasteiger partial charge >= 0.3 is 0 Å². The number of benzene rings is 1. The van der Waals surface area contributed by atoms with Crippen LogP contribution in [0.5, 0.6) is 0 Å². The molecule has 1 aromatic carbocycles. The number of halogens is 1. The van der Waals surface area contributed by atoms with Gasteiger partial charge in [-0.2, -0.15) is 0 Å². The van der Waals surface area contributed by atoms with Crippen LogP contribution < -0.4 is 10.2 Å². The summed E-state index contributed by atoms with van der Waals surface area (Å²) in [6.45, 7) is 4.22. The first kappa shape index (κ1) is 13.9. The van der Waals surface area contributed by atoms with Crippen LogP contribution in [0, 0.1) is 5.82 Å². The molecule has 1 aromatic rings. The summed E-state index contributed by atoms with van der Waals surface area (Å²) in [7, 11) is 1.92. The molecule has 0 amide bonds. The van der Waals surface area contributed by atoms with E-state index < -0.39 is 0 Å². The minimum Gasteiger partial charge on any atom is -0.396 e. The molecule has 0 radical (unpaired) electrons. The molecular formula is C13H21FN2O. The molecule has 17 heavy (non-hydrogen) atoms. The van der Waals surface area contributed by atoms with Crippen molar-refractivity contribution in [1.82, 2.24) is 5.32 Å². The summed E-state index contributed by atoms with van der Waals surface area (Å²) in [6, 6.07) is 5.11.